The van der Waals surface area contributed by atoms with Crippen molar-refractivity contribution in [3.63, 3.8) is 0 Å². The van der Waals surface area contributed by atoms with Gasteiger partial charge in [-0.3, -0.25) is 4.79 Å². The Morgan fingerprint density at radius 3 is 3.31 bits per heavy atom. The molecule has 0 N–H and O–H groups in total. The Balaban J connectivity index is 1.81. The van der Waals surface area contributed by atoms with Gasteiger partial charge in [-0.05, 0) is 11.4 Å². The van der Waals surface area contributed by atoms with Crippen LogP contribution in [-0.2, 0) is 13.0 Å². The minimum atomic E-state index is 0.0908. The van der Waals surface area contributed by atoms with Gasteiger partial charge in [-0.1, -0.05) is 5.16 Å². The molecule has 0 saturated carbocycles. The van der Waals surface area contributed by atoms with Crippen molar-refractivity contribution in [1.82, 2.24) is 10.1 Å². The fraction of sp³-hybridized carbons (Fsp3) is 0.273. The minimum absolute atomic E-state index is 0.0908. The Bertz CT molecular complexity index is 504. The fourth-order valence-corrected chi connectivity index (χ4v) is 2.51. The third-order valence-electron chi connectivity index (χ3n) is 2.75. The van der Waals surface area contributed by atoms with Crippen LogP contribution in [0.25, 0.3) is 0 Å². The molecule has 0 saturated heterocycles. The van der Waals surface area contributed by atoms with Gasteiger partial charge in [-0.2, -0.15) is 11.3 Å². The number of amides is 1. The van der Waals surface area contributed by atoms with E-state index in [1.54, 1.807) is 17.5 Å². The van der Waals surface area contributed by atoms with Gasteiger partial charge in [0.05, 0.1) is 18.3 Å². The first-order chi connectivity index (χ1) is 7.84. The normalized spacial score (nSPS) is 14.9. The summed E-state index contributed by atoms with van der Waals surface area (Å²) in [5, 5.41) is 7.55. The van der Waals surface area contributed by atoms with E-state index in [-0.39, 0.29) is 5.91 Å². The van der Waals surface area contributed by atoms with E-state index in [2.05, 4.69) is 5.16 Å². The first kappa shape index (κ1) is 9.59. The number of carbonyl (C=O) groups is 1. The summed E-state index contributed by atoms with van der Waals surface area (Å²) in [6.07, 6.45) is 2.45. The lowest BCUT2D eigenvalue weighted by molar-refractivity contribution is 0.0729. The van der Waals surface area contributed by atoms with Crippen molar-refractivity contribution in [1.29, 1.82) is 0 Å². The van der Waals surface area contributed by atoms with Crippen LogP contribution in [0.15, 0.2) is 27.5 Å². The summed E-state index contributed by atoms with van der Waals surface area (Å²) in [6.45, 7) is 1.31. The van der Waals surface area contributed by atoms with Crippen LogP contribution in [0.5, 0.6) is 0 Å². The van der Waals surface area contributed by atoms with Gasteiger partial charge in [0.25, 0.3) is 5.91 Å². The van der Waals surface area contributed by atoms with E-state index in [1.807, 2.05) is 21.7 Å². The first-order valence-corrected chi connectivity index (χ1v) is 6.03. The zero-order chi connectivity index (χ0) is 11.0. The van der Waals surface area contributed by atoms with Gasteiger partial charge in [0.15, 0.2) is 0 Å². The number of hydrogen-bond acceptors (Lipinski definition) is 4. The highest BCUT2D eigenvalue weighted by Gasteiger charge is 2.24. The van der Waals surface area contributed by atoms with Gasteiger partial charge < -0.3 is 9.42 Å². The summed E-state index contributed by atoms with van der Waals surface area (Å²) in [5.41, 5.74) is 1.79. The second-order valence-electron chi connectivity index (χ2n) is 3.76. The lowest BCUT2D eigenvalue weighted by atomic mass is 10.1. The predicted octanol–water partition coefficient (Wildman–Crippen LogP) is 1.93. The van der Waals surface area contributed by atoms with Crippen LogP contribution in [0.3, 0.4) is 0 Å². The fourth-order valence-electron chi connectivity index (χ4n) is 1.88. The van der Waals surface area contributed by atoms with Crippen LogP contribution in [0, 0.1) is 0 Å². The number of carbonyl (C=O) groups excluding carboxylic acids is 1. The van der Waals surface area contributed by atoms with Crippen molar-refractivity contribution >= 4 is 17.2 Å². The number of hydrogen-bond donors (Lipinski definition) is 0. The van der Waals surface area contributed by atoms with E-state index in [1.165, 1.54) is 0 Å². The number of fused-ring (bicyclic) bond motifs is 1. The van der Waals surface area contributed by atoms with Gasteiger partial charge in [-0.25, -0.2) is 0 Å². The van der Waals surface area contributed by atoms with Crippen molar-refractivity contribution in [2.24, 2.45) is 0 Å². The van der Waals surface area contributed by atoms with Gasteiger partial charge >= 0.3 is 0 Å². The lowest BCUT2D eigenvalue weighted by Gasteiger charge is -2.25. The number of nitrogens with zero attached hydrogens (tertiary/aromatic N) is 2. The molecule has 0 spiro atoms. The largest absolute Gasteiger partial charge is 0.361 e. The van der Waals surface area contributed by atoms with E-state index in [9.17, 15) is 4.79 Å². The molecule has 0 radical (unpaired) electrons. The summed E-state index contributed by atoms with van der Waals surface area (Å²) >= 11 is 1.54. The monoisotopic (exact) mass is 234 g/mol. The molecular formula is C11H10N2O2S. The first-order valence-electron chi connectivity index (χ1n) is 5.08. The summed E-state index contributed by atoms with van der Waals surface area (Å²) in [6, 6.07) is 1.86. The lowest BCUT2D eigenvalue weighted by Crippen LogP contribution is -2.35. The molecule has 3 heterocycles. The van der Waals surface area contributed by atoms with E-state index in [0.717, 1.165) is 23.3 Å². The third-order valence-corrected chi connectivity index (χ3v) is 3.44. The van der Waals surface area contributed by atoms with Gasteiger partial charge in [0.1, 0.15) is 5.76 Å². The summed E-state index contributed by atoms with van der Waals surface area (Å²) in [4.78, 5) is 13.9. The maximum atomic E-state index is 12.1. The van der Waals surface area contributed by atoms with Crippen molar-refractivity contribution in [3.05, 3.63) is 39.9 Å². The molecule has 4 nitrogen and oxygen atoms in total. The van der Waals surface area contributed by atoms with Crippen molar-refractivity contribution in [2.45, 2.75) is 13.0 Å². The number of thiophene rings is 1. The highest BCUT2D eigenvalue weighted by atomic mass is 32.1. The average Bonchev–Trinajstić information content (AvgIpc) is 2.98. The Hall–Kier alpha value is -1.62. The molecule has 0 aromatic carbocycles. The van der Waals surface area contributed by atoms with Gasteiger partial charge in [-0.15, -0.1) is 0 Å². The SMILES string of the molecule is O=C(c1ccsc1)N1CCc2oncc2C1. The molecular weight excluding hydrogens is 224 g/mol. The van der Waals surface area contributed by atoms with E-state index < -0.39 is 0 Å². The van der Waals surface area contributed by atoms with Crippen LogP contribution in [0.2, 0.25) is 0 Å². The molecule has 0 fully saturated rings. The van der Waals surface area contributed by atoms with Gasteiger partial charge in [0.2, 0.25) is 0 Å². The van der Waals surface area contributed by atoms with E-state index >= 15 is 0 Å². The molecule has 1 aliphatic heterocycles. The maximum Gasteiger partial charge on any atom is 0.255 e. The Morgan fingerprint density at radius 2 is 2.50 bits per heavy atom. The third kappa shape index (κ3) is 1.53. The summed E-state index contributed by atoms with van der Waals surface area (Å²) in [5.74, 6) is 1.00. The topological polar surface area (TPSA) is 46.3 Å². The quantitative estimate of drug-likeness (QED) is 0.757. The van der Waals surface area contributed by atoms with Crippen LogP contribution in [0.1, 0.15) is 21.7 Å². The average molecular weight is 234 g/mol. The molecule has 0 bridgehead atoms. The molecule has 0 aliphatic carbocycles. The molecule has 5 heteroatoms. The summed E-state index contributed by atoms with van der Waals surface area (Å²) in [7, 11) is 0. The zero-order valence-corrected chi connectivity index (χ0v) is 9.37. The molecule has 3 rings (SSSR count). The number of rotatable bonds is 1. The zero-order valence-electron chi connectivity index (χ0n) is 8.55. The second-order valence-corrected chi connectivity index (χ2v) is 4.54. The highest BCUT2D eigenvalue weighted by Crippen LogP contribution is 2.20. The van der Waals surface area contributed by atoms with Crippen LogP contribution < -0.4 is 0 Å². The minimum Gasteiger partial charge on any atom is -0.361 e. The van der Waals surface area contributed by atoms with Crippen LogP contribution in [0.4, 0.5) is 0 Å². The molecule has 0 atom stereocenters. The molecule has 82 valence electrons. The Morgan fingerprint density at radius 1 is 1.56 bits per heavy atom. The molecule has 2 aromatic rings. The van der Waals surface area contributed by atoms with Crippen molar-refractivity contribution in [3.8, 4) is 0 Å². The highest BCUT2D eigenvalue weighted by molar-refractivity contribution is 7.08. The smallest absolute Gasteiger partial charge is 0.255 e. The van der Waals surface area contributed by atoms with Gasteiger partial charge in [0, 0.05) is 23.9 Å². The Labute approximate surface area is 96.5 Å². The predicted molar refractivity (Wildman–Crippen MR) is 59.3 cm³/mol. The molecule has 0 unspecified atom stereocenters. The Kier molecular flexibility index (Phi) is 2.25. The molecule has 1 aliphatic rings. The standard InChI is InChI=1S/C11H10N2O2S/c14-11(8-2-4-16-7-8)13-3-1-10-9(6-13)5-12-15-10/h2,4-5,7H,1,3,6H2. The van der Waals surface area contributed by atoms with Crippen molar-refractivity contribution in [2.75, 3.05) is 6.54 Å². The van der Waals surface area contributed by atoms with Crippen LogP contribution >= 0.6 is 11.3 Å². The molecule has 16 heavy (non-hydrogen) atoms. The second kappa shape index (κ2) is 3.75. The van der Waals surface area contributed by atoms with Crippen molar-refractivity contribution < 1.29 is 9.32 Å². The molecule has 1 amide bonds. The van der Waals surface area contributed by atoms with Crippen LogP contribution in [-0.4, -0.2) is 22.5 Å². The summed E-state index contributed by atoms with van der Waals surface area (Å²) < 4.78 is 5.09. The maximum absolute atomic E-state index is 12.1. The molecule has 2 aromatic heterocycles. The van der Waals surface area contributed by atoms with E-state index in [4.69, 9.17) is 4.52 Å². The van der Waals surface area contributed by atoms with E-state index in [0.29, 0.717) is 13.1 Å². The number of aromatic nitrogens is 1.